The number of rotatable bonds is 3. The van der Waals surface area contributed by atoms with Gasteiger partial charge in [-0.25, -0.2) is 4.98 Å². The second-order valence-corrected chi connectivity index (χ2v) is 5.92. The highest BCUT2D eigenvalue weighted by molar-refractivity contribution is 7.16. The zero-order chi connectivity index (χ0) is 12.4. The van der Waals surface area contributed by atoms with Crippen LogP contribution in [-0.2, 0) is 6.54 Å². The van der Waals surface area contributed by atoms with Crippen molar-refractivity contribution in [1.29, 1.82) is 0 Å². The first-order valence-electron chi connectivity index (χ1n) is 4.69. The Morgan fingerprint density at radius 3 is 2.71 bits per heavy atom. The van der Waals surface area contributed by atoms with Crippen molar-refractivity contribution in [3.63, 3.8) is 0 Å². The van der Waals surface area contributed by atoms with Crippen molar-refractivity contribution >= 4 is 52.0 Å². The molecular weight excluding hydrogens is 301 g/mol. The van der Waals surface area contributed by atoms with Gasteiger partial charge < -0.3 is 4.90 Å². The van der Waals surface area contributed by atoms with Gasteiger partial charge in [0, 0.05) is 11.9 Å². The molecule has 0 saturated heterocycles. The molecule has 0 spiro atoms. The predicted octanol–water partition coefficient (Wildman–Crippen LogP) is 4.13. The fourth-order valence-electron chi connectivity index (χ4n) is 1.35. The lowest BCUT2D eigenvalue weighted by atomic mass is 10.4. The molecular formula is C10H8Cl3N3S. The van der Waals surface area contributed by atoms with E-state index in [-0.39, 0.29) is 5.28 Å². The van der Waals surface area contributed by atoms with E-state index in [4.69, 9.17) is 34.8 Å². The van der Waals surface area contributed by atoms with Crippen LogP contribution < -0.4 is 4.90 Å². The van der Waals surface area contributed by atoms with E-state index in [1.165, 1.54) is 17.5 Å². The van der Waals surface area contributed by atoms with Crippen molar-refractivity contribution in [2.75, 3.05) is 11.9 Å². The summed E-state index contributed by atoms with van der Waals surface area (Å²) >= 11 is 19.2. The highest BCUT2D eigenvalue weighted by Gasteiger charge is 2.11. The standard InChI is InChI=1S/C10H8Cl3N3S/c1-16(5-6-2-3-8(12)17-6)9-7(11)4-14-10(13)15-9/h2-4H,5H2,1H3. The molecule has 0 N–H and O–H groups in total. The molecule has 2 heterocycles. The normalized spacial score (nSPS) is 10.6. The van der Waals surface area contributed by atoms with Crippen molar-refractivity contribution in [2.45, 2.75) is 6.54 Å². The molecule has 2 rings (SSSR count). The van der Waals surface area contributed by atoms with Gasteiger partial charge in [-0.1, -0.05) is 23.2 Å². The monoisotopic (exact) mass is 307 g/mol. The summed E-state index contributed by atoms with van der Waals surface area (Å²) in [5, 5.41) is 0.653. The van der Waals surface area contributed by atoms with Crippen LogP contribution in [0.2, 0.25) is 14.6 Å². The average molecular weight is 309 g/mol. The lowest BCUT2D eigenvalue weighted by Crippen LogP contribution is -2.17. The molecule has 0 unspecified atom stereocenters. The van der Waals surface area contributed by atoms with Gasteiger partial charge in [0.05, 0.1) is 17.1 Å². The van der Waals surface area contributed by atoms with Gasteiger partial charge in [-0.05, 0) is 23.7 Å². The molecule has 0 aromatic carbocycles. The maximum atomic E-state index is 6.01. The molecule has 17 heavy (non-hydrogen) atoms. The molecule has 0 amide bonds. The number of hydrogen-bond donors (Lipinski definition) is 0. The van der Waals surface area contributed by atoms with E-state index >= 15 is 0 Å². The lowest BCUT2D eigenvalue weighted by Gasteiger charge is -2.18. The van der Waals surface area contributed by atoms with Crippen LogP contribution in [0.4, 0.5) is 5.82 Å². The van der Waals surface area contributed by atoms with Crippen LogP contribution in [0, 0.1) is 0 Å². The zero-order valence-electron chi connectivity index (χ0n) is 8.82. The summed E-state index contributed by atoms with van der Waals surface area (Å²) in [7, 11) is 1.89. The molecule has 3 nitrogen and oxygen atoms in total. The van der Waals surface area contributed by atoms with Crippen LogP contribution in [0.3, 0.4) is 0 Å². The lowest BCUT2D eigenvalue weighted by molar-refractivity contribution is 0.905. The van der Waals surface area contributed by atoms with Crippen LogP contribution in [0.25, 0.3) is 0 Å². The largest absolute Gasteiger partial charge is 0.353 e. The van der Waals surface area contributed by atoms with Gasteiger partial charge in [0.25, 0.3) is 0 Å². The topological polar surface area (TPSA) is 29.0 Å². The van der Waals surface area contributed by atoms with E-state index in [0.717, 1.165) is 9.21 Å². The quantitative estimate of drug-likeness (QED) is 0.798. The Morgan fingerprint density at radius 2 is 2.06 bits per heavy atom. The Bertz CT molecular complexity index is 529. The summed E-state index contributed by atoms with van der Waals surface area (Å²) in [6.07, 6.45) is 1.49. The Hall–Kier alpha value is -0.550. The molecule has 0 saturated carbocycles. The SMILES string of the molecule is CN(Cc1ccc(Cl)s1)c1nc(Cl)ncc1Cl. The molecule has 90 valence electrons. The van der Waals surface area contributed by atoms with E-state index in [2.05, 4.69) is 9.97 Å². The summed E-state index contributed by atoms with van der Waals surface area (Å²) in [4.78, 5) is 10.9. The van der Waals surface area contributed by atoms with Gasteiger partial charge in [-0.15, -0.1) is 11.3 Å². The summed E-state index contributed by atoms with van der Waals surface area (Å²) < 4.78 is 0.764. The van der Waals surface area contributed by atoms with Gasteiger partial charge in [0.1, 0.15) is 5.02 Å². The summed E-state index contributed by atoms with van der Waals surface area (Å²) in [5.41, 5.74) is 0. The summed E-state index contributed by atoms with van der Waals surface area (Å²) in [5.74, 6) is 0.608. The van der Waals surface area contributed by atoms with Crippen LogP contribution in [0.15, 0.2) is 18.3 Å². The summed E-state index contributed by atoms with van der Waals surface area (Å²) in [6, 6.07) is 3.84. The number of anilines is 1. The number of thiophene rings is 1. The Labute approximate surface area is 118 Å². The van der Waals surface area contributed by atoms with Crippen LogP contribution in [0.5, 0.6) is 0 Å². The zero-order valence-corrected chi connectivity index (χ0v) is 11.9. The van der Waals surface area contributed by atoms with Gasteiger partial charge in [-0.3, -0.25) is 0 Å². The number of nitrogens with zero attached hydrogens (tertiary/aromatic N) is 3. The van der Waals surface area contributed by atoms with Crippen LogP contribution in [0.1, 0.15) is 4.88 Å². The predicted molar refractivity (Wildman–Crippen MR) is 73.5 cm³/mol. The Kier molecular flexibility index (Phi) is 4.09. The second kappa shape index (κ2) is 5.40. The van der Waals surface area contributed by atoms with Crippen LogP contribution in [-0.4, -0.2) is 17.0 Å². The fraction of sp³-hybridized carbons (Fsp3) is 0.200. The first-order valence-corrected chi connectivity index (χ1v) is 6.64. The van der Waals surface area contributed by atoms with Crippen molar-refractivity contribution in [1.82, 2.24) is 9.97 Å². The van der Waals surface area contributed by atoms with E-state index in [9.17, 15) is 0 Å². The van der Waals surface area contributed by atoms with Gasteiger partial charge in [0.2, 0.25) is 5.28 Å². The molecule has 0 aliphatic rings. The van der Waals surface area contributed by atoms with Gasteiger partial charge in [0.15, 0.2) is 5.82 Å². The molecule has 2 aromatic rings. The van der Waals surface area contributed by atoms with Crippen molar-refractivity contribution in [2.24, 2.45) is 0 Å². The van der Waals surface area contributed by atoms with Crippen molar-refractivity contribution in [3.05, 3.63) is 37.8 Å². The number of hydrogen-bond acceptors (Lipinski definition) is 4. The molecule has 0 radical (unpaired) electrons. The molecule has 0 atom stereocenters. The highest BCUT2D eigenvalue weighted by atomic mass is 35.5. The first kappa shape index (κ1) is 12.9. The average Bonchev–Trinajstić information content (AvgIpc) is 2.67. The summed E-state index contributed by atoms with van der Waals surface area (Å²) in [6.45, 7) is 0.671. The molecule has 0 aliphatic carbocycles. The third kappa shape index (κ3) is 3.22. The van der Waals surface area contributed by atoms with Crippen molar-refractivity contribution in [3.8, 4) is 0 Å². The third-order valence-corrected chi connectivity index (χ3v) is 3.74. The Balaban J connectivity index is 2.19. The number of halogens is 3. The third-order valence-electron chi connectivity index (χ3n) is 2.08. The molecule has 0 fully saturated rings. The minimum absolute atomic E-state index is 0.181. The maximum absolute atomic E-state index is 6.01. The van der Waals surface area contributed by atoms with E-state index < -0.39 is 0 Å². The second-order valence-electron chi connectivity index (χ2n) is 3.37. The molecule has 0 aliphatic heterocycles. The van der Waals surface area contributed by atoms with E-state index in [1.807, 2.05) is 24.1 Å². The fourth-order valence-corrected chi connectivity index (χ4v) is 2.86. The van der Waals surface area contributed by atoms with Crippen molar-refractivity contribution < 1.29 is 0 Å². The minimum Gasteiger partial charge on any atom is -0.353 e. The minimum atomic E-state index is 0.181. The molecule has 7 heteroatoms. The molecule has 0 bridgehead atoms. The van der Waals surface area contributed by atoms with E-state index in [0.29, 0.717) is 17.4 Å². The number of aromatic nitrogens is 2. The van der Waals surface area contributed by atoms with Gasteiger partial charge in [-0.2, -0.15) is 4.98 Å². The highest BCUT2D eigenvalue weighted by Crippen LogP contribution is 2.27. The first-order chi connectivity index (χ1) is 8.06. The van der Waals surface area contributed by atoms with E-state index in [1.54, 1.807) is 0 Å². The smallest absolute Gasteiger partial charge is 0.224 e. The maximum Gasteiger partial charge on any atom is 0.224 e. The molecule has 2 aromatic heterocycles. The van der Waals surface area contributed by atoms with Gasteiger partial charge >= 0.3 is 0 Å². The van der Waals surface area contributed by atoms with Crippen LogP contribution >= 0.6 is 46.1 Å². The Morgan fingerprint density at radius 1 is 1.29 bits per heavy atom.